The van der Waals surface area contributed by atoms with Gasteiger partial charge in [-0.25, -0.2) is 4.39 Å². The smallest absolute Gasteiger partial charge is 0.271 e. The summed E-state index contributed by atoms with van der Waals surface area (Å²) in [5, 5.41) is 6.21. The summed E-state index contributed by atoms with van der Waals surface area (Å²) in [6.45, 7) is 4.08. The Morgan fingerprint density at radius 2 is 1.86 bits per heavy atom. The molecule has 0 saturated carbocycles. The minimum Gasteiger partial charge on any atom is -0.493 e. The highest BCUT2D eigenvalue weighted by Crippen LogP contribution is 2.39. The van der Waals surface area contributed by atoms with Gasteiger partial charge >= 0.3 is 0 Å². The molecule has 0 aliphatic heterocycles. The first-order valence-corrected chi connectivity index (χ1v) is 16.5. The highest BCUT2D eigenvalue weighted by molar-refractivity contribution is 7.22. The number of amides is 1. The fourth-order valence-electron chi connectivity index (χ4n) is 4.98. The minimum atomic E-state index is -0.716. The van der Waals surface area contributed by atoms with Gasteiger partial charge in [0.1, 0.15) is 28.6 Å². The quantitative estimate of drug-likeness (QED) is 0.119. The molecule has 10 nitrogen and oxygen atoms in total. The molecule has 2 aromatic carbocycles. The van der Waals surface area contributed by atoms with Gasteiger partial charge in [0.2, 0.25) is 0 Å². The zero-order valence-electron chi connectivity index (χ0n) is 26.5. The maximum atomic E-state index is 13.5. The van der Waals surface area contributed by atoms with E-state index in [1.807, 2.05) is 24.4 Å². The molecule has 0 unspecified atom stereocenters. The highest BCUT2D eigenvalue weighted by atomic mass is 35.5. The number of anilines is 1. The van der Waals surface area contributed by atoms with Crippen LogP contribution in [0.3, 0.4) is 0 Å². The zero-order chi connectivity index (χ0) is 34.3. The van der Waals surface area contributed by atoms with Crippen LogP contribution in [0.25, 0.3) is 26.5 Å². The molecule has 49 heavy (non-hydrogen) atoms. The Morgan fingerprint density at radius 1 is 1.02 bits per heavy atom. The van der Waals surface area contributed by atoms with Crippen molar-refractivity contribution >= 4 is 44.7 Å². The molecule has 0 saturated heterocycles. The fraction of sp³-hybridized carbons (Fsp3) is 0.167. The average Bonchev–Trinajstić information content (AvgIpc) is 3.55. The number of hydrogen-bond acceptors (Lipinski definition) is 9. The number of fused-ring (bicyclic) bond motifs is 1. The molecule has 0 aliphatic carbocycles. The van der Waals surface area contributed by atoms with Gasteiger partial charge in [-0.05, 0) is 67.1 Å². The van der Waals surface area contributed by atoms with Gasteiger partial charge in [0.05, 0.1) is 44.7 Å². The van der Waals surface area contributed by atoms with E-state index in [0.29, 0.717) is 30.3 Å². The summed E-state index contributed by atoms with van der Waals surface area (Å²) in [6, 6.07) is 19.5. The summed E-state index contributed by atoms with van der Waals surface area (Å²) in [5.74, 6) is -0.0380. The number of methoxy groups -OCH3 is 1. The summed E-state index contributed by atoms with van der Waals surface area (Å²) in [6.07, 6.45) is 4.99. The number of carbonyl (C=O) groups is 1. The Bertz CT molecular complexity index is 2160. The van der Waals surface area contributed by atoms with E-state index in [1.165, 1.54) is 52.4 Å². The largest absolute Gasteiger partial charge is 0.493 e. The number of hydrogen-bond donors (Lipinski definition) is 2. The van der Waals surface area contributed by atoms with Crippen LogP contribution in [0, 0.1) is 5.82 Å². The molecule has 4 heterocycles. The maximum absolute atomic E-state index is 13.5. The number of thiophene rings is 1. The second kappa shape index (κ2) is 15.4. The van der Waals surface area contributed by atoms with Gasteiger partial charge in [-0.2, -0.15) is 0 Å². The van der Waals surface area contributed by atoms with Gasteiger partial charge in [-0.1, -0.05) is 17.7 Å². The number of ether oxygens (including phenoxy) is 3. The Kier molecular flexibility index (Phi) is 10.6. The van der Waals surface area contributed by atoms with E-state index in [0.717, 1.165) is 32.9 Å². The van der Waals surface area contributed by atoms with E-state index in [9.17, 15) is 14.0 Å². The van der Waals surface area contributed by atoms with Gasteiger partial charge in [0.25, 0.3) is 11.5 Å². The molecular formula is C36H31ClFN5O5S. The van der Waals surface area contributed by atoms with E-state index in [2.05, 4.69) is 20.6 Å². The number of nitrogens with one attached hydrogen (secondary N) is 2. The number of nitrogens with zero attached hydrogens (tertiary/aromatic N) is 3. The topological polar surface area (TPSA) is 117 Å². The lowest BCUT2D eigenvalue weighted by Crippen LogP contribution is -2.29. The van der Waals surface area contributed by atoms with Crippen LogP contribution in [0.1, 0.15) is 22.8 Å². The van der Waals surface area contributed by atoms with Crippen molar-refractivity contribution in [3.63, 3.8) is 0 Å². The predicted octanol–water partition coefficient (Wildman–Crippen LogP) is 7.48. The molecule has 13 heteroatoms. The Balaban J connectivity index is 1.19. The number of carbonyl (C=O) groups excluding carboxylic acids is 1. The molecule has 0 spiro atoms. The second-order valence-corrected chi connectivity index (χ2v) is 12.2. The first kappa shape index (κ1) is 33.7. The predicted molar refractivity (Wildman–Crippen MR) is 189 cm³/mol. The fourth-order valence-corrected chi connectivity index (χ4v) is 6.24. The normalized spacial score (nSPS) is 11.1. The Morgan fingerprint density at radius 3 is 2.59 bits per heavy atom. The van der Waals surface area contributed by atoms with Gasteiger partial charge < -0.3 is 24.8 Å². The number of pyridine rings is 3. The Labute approximate surface area is 290 Å². The van der Waals surface area contributed by atoms with Crippen LogP contribution in [0.5, 0.6) is 17.2 Å². The molecule has 0 atom stereocenters. The summed E-state index contributed by atoms with van der Waals surface area (Å²) >= 11 is 8.11. The van der Waals surface area contributed by atoms with Gasteiger partial charge in [0.15, 0.2) is 0 Å². The molecule has 250 valence electrons. The van der Waals surface area contributed by atoms with Crippen molar-refractivity contribution < 1.29 is 23.4 Å². The van der Waals surface area contributed by atoms with Crippen molar-refractivity contribution in [2.24, 2.45) is 0 Å². The van der Waals surface area contributed by atoms with Gasteiger partial charge in [0, 0.05) is 56.6 Å². The summed E-state index contributed by atoms with van der Waals surface area (Å²) < 4.78 is 32.5. The van der Waals surface area contributed by atoms with E-state index < -0.39 is 17.3 Å². The second-order valence-electron chi connectivity index (χ2n) is 10.7. The highest BCUT2D eigenvalue weighted by Gasteiger charge is 2.21. The van der Waals surface area contributed by atoms with Crippen LogP contribution < -0.4 is 25.7 Å². The lowest BCUT2D eigenvalue weighted by atomic mass is 10.2. The molecule has 0 radical (unpaired) electrons. The van der Waals surface area contributed by atoms with Crippen molar-refractivity contribution in [3.8, 4) is 33.5 Å². The van der Waals surface area contributed by atoms with E-state index in [-0.39, 0.29) is 28.6 Å². The number of rotatable bonds is 13. The number of benzene rings is 2. The van der Waals surface area contributed by atoms with Crippen LogP contribution >= 0.6 is 22.9 Å². The van der Waals surface area contributed by atoms with Crippen molar-refractivity contribution in [1.29, 1.82) is 0 Å². The summed E-state index contributed by atoms with van der Waals surface area (Å²) in [7, 11) is 1.67. The number of halogens is 2. The molecule has 6 aromatic rings. The van der Waals surface area contributed by atoms with Crippen LogP contribution in [0.4, 0.5) is 10.1 Å². The Hall–Kier alpha value is -5.14. The van der Waals surface area contributed by atoms with Crippen LogP contribution in [0.2, 0.25) is 5.02 Å². The van der Waals surface area contributed by atoms with E-state index >= 15 is 0 Å². The van der Waals surface area contributed by atoms with E-state index in [4.69, 9.17) is 25.8 Å². The van der Waals surface area contributed by atoms with Crippen LogP contribution in [0.15, 0.2) is 96.2 Å². The first-order valence-electron chi connectivity index (χ1n) is 15.3. The number of aromatic nitrogens is 3. The maximum Gasteiger partial charge on any atom is 0.271 e. The van der Waals surface area contributed by atoms with Crippen molar-refractivity contribution in [3.05, 3.63) is 124 Å². The molecule has 0 fully saturated rings. The molecule has 0 aliphatic rings. The molecule has 4 aromatic heterocycles. The van der Waals surface area contributed by atoms with Crippen molar-refractivity contribution in [2.75, 3.05) is 32.2 Å². The molecule has 6 rings (SSSR count). The van der Waals surface area contributed by atoms with E-state index in [1.54, 1.807) is 44.5 Å². The van der Waals surface area contributed by atoms with Gasteiger partial charge in [-0.3, -0.25) is 24.1 Å². The van der Waals surface area contributed by atoms with Crippen molar-refractivity contribution in [1.82, 2.24) is 19.9 Å². The third kappa shape index (κ3) is 7.79. The standard InChI is InChI=1S/C36H31ClFN5O5S/c1-3-47-30-13-16-43(24-7-5-23(38)6-8-24)36(45)33(30)35(44)42-27-11-9-25(18-26(27)37)48-31-12-14-40-29-19-32(49-34(29)31)28-10-4-22(21-41-28)20-39-15-17-46-2/h4-14,16,18-19,21,39H,3,15,17,20H2,1-2H3,(H,42,44). The monoisotopic (exact) mass is 699 g/mol. The summed E-state index contributed by atoms with van der Waals surface area (Å²) in [5.41, 5.74) is 2.46. The first-order chi connectivity index (χ1) is 23.8. The van der Waals surface area contributed by atoms with Gasteiger partial charge in [-0.15, -0.1) is 11.3 Å². The third-order valence-electron chi connectivity index (χ3n) is 7.37. The lowest BCUT2D eigenvalue weighted by Gasteiger charge is -2.14. The SMILES string of the molecule is CCOc1ccn(-c2ccc(F)cc2)c(=O)c1C(=O)Nc1ccc(Oc2ccnc3cc(-c4ccc(CNCCOC)cn4)sc23)cc1Cl. The third-order valence-corrected chi connectivity index (χ3v) is 8.84. The molecular weight excluding hydrogens is 669 g/mol. The lowest BCUT2D eigenvalue weighted by molar-refractivity contribution is 0.102. The van der Waals surface area contributed by atoms with Crippen LogP contribution in [-0.4, -0.2) is 47.3 Å². The molecule has 2 N–H and O–H groups in total. The zero-order valence-corrected chi connectivity index (χ0v) is 28.1. The summed E-state index contributed by atoms with van der Waals surface area (Å²) in [4.78, 5) is 37.0. The molecule has 0 bridgehead atoms. The van der Waals surface area contributed by atoms with Crippen LogP contribution in [-0.2, 0) is 11.3 Å². The minimum absolute atomic E-state index is 0.109. The molecule has 1 amide bonds. The average molecular weight is 700 g/mol. The van der Waals surface area contributed by atoms with Crippen molar-refractivity contribution in [2.45, 2.75) is 13.5 Å².